The molecule has 1 aliphatic carbocycles. The highest BCUT2D eigenvalue weighted by Gasteiger charge is 2.33. The fraction of sp³-hybridized carbons (Fsp3) is 0.875. The number of nitrogens with one attached hydrogen (secondary N) is 1. The van der Waals surface area contributed by atoms with Crippen LogP contribution >= 0.6 is 0 Å². The smallest absolute Gasteiger partial charge is 0.0640 e. The van der Waals surface area contributed by atoms with E-state index < -0.39 is 0 Å². The van der Waals surface area contributed by atoms with Crippen molar-refractivity contribution in [2.45, 2.75) is 31.7 Å². The second kappa shape index (κ2) is 1.98. The van der Waals surface area contributed by atoms with Gasteiger partial charge in [-0.05, 0) is 19.3 Å². The minimum atomic E-state index is 0.934. The van der Waals surface area contributed by atoms with Gasteiger partial charge in [0.25, 0.3) is 0 Å². The normalized spacial score (nSPS) is 49.7. The molecule has 1 N–H and O–H groups in total. The van der Waals surface area contributed by atoms with Crippen molar-refractivity contribution >= 4 is 0 Å². The molecule has 0 amide bonds. The Balaban J connectivity index is 2.07. The summed E-state index contributed by atoms with van der Waals surface area (Å²) in [5.74, 6) is 1.04. The first kappa shape index (κ1) is 5.72. The first-order valence-electron chi connectivity index (χ1n) is 4.04. The van der Waals surface area contributed by atoms with Crippen LogP contribution in [0.5, 0.6) is 0 Å². The summed E-state index contributed by atoms with van der Waals surface area (Å²) in [5.41, 5.74) is 0. The molecule has 0 aromatic heterocycles. The summed E-state index contributed by atoms with van der Waals surface area (Å²) in [7, 11) is 4.10. The molecule has 1 aliphatic heterocycles. The van der Waals surface area contributed by atoms with Crippen LogP contribution in [0.15, 0.2) is 0 Å². The van der Waals surface area contributed by atoms with Gasteiger partial charge in [0.2, 0.25) is 0 Å². The van der Waals surface area contributed by atoms with Crippen molar-refractivity contribution in [3.05, 3.63) is 7.05 Å². The van der Waals surface area contributed by atoms with Gasteiger partial charge in [0, 0.05) is 12.3 Å². The highest BCUT2D eigenvalue weighted by molar-refractivity contribution is 4.76. The van der Waals surface area contributed by atoms with Gasteiger partial charge in [-0.1, -0.05) is 0 Å². The van der Waals surface area contributed by atoms with E-state index in [0.29, 0.717) is 0 Å². The maximum atomic E-state index is 4.10. The van der Waals surface area contributed by atoms with Gasteiger partial charge in [-0.2, -0.15) is 7.05 Å². The molecule has 0 spiro atoms. The zero-order chi connectivity index (χ0) is 6.27. The fourth-order valence-electron chi connectivity index (χ4n) is 2.38. The summed E-state index contributed by atoms with van der Waals surface area (Å²) in [4.78, 5) is 1.55. The summed E-state index contributed by atoms with van der Waals surface area (Å²) < 4.78 is 0. The molecule has 3 atom stereocenters. The molecular formula is C8H15N. The van der Waals surface area contributed by atoms with Crippen LogP contribution in [0.1, 0.15) is 25.7 Å². The number of rotatable bonds is 0. The van der Waals surface area contributed by atoms with Crippen molar-refractivity contribution in [2.75, 3.05) is 6.54 Å². The molecule has 9 heavy (non-hydrogen) atoms. The van der Waals surface area contributed by atoms with E-state index in [0.717, 1.165) is 12.0 Å². The monoisotopic (exact) mass is 125 g/mol. The first-order chi connectivity index (χ1) is 4.36. The molecule has 2 bridgehead atoms. The molecule has 0 radical (unpaired) electrons. The molecule has 0 aromatic carbocycles. The Bertz CT molecular complexity index is 109. The Hall–Kier alpha value is -0.0400. The zero-order valence-electron chi connectivity index (χ0n) is 5.90. The second-order valence-electron chi connectivity index (χ2n) is 3.59. The largest absolute Gasteiger partial charge is 0.465 e. The number of hydrogen-bond donors (Lipinski definition) is 1. The van der Waals surface area contributed by atoms with Gasteiger partial charge in [0.1, 0.15) is 0 Å². The van der Waals surface area contributed by atoms with Crippen molar-refractivity contribution in [3.8, 4) is 0 Å². The van der Waals surface area contributed by atoms with Crippen molar-refractivity contribution < 1.29 is 4.90 Å². The maximum absolute atomic E-state index is 4.10. The van der Waals surface area contributed by atoms with Crippen molar-refractivity contribution in [1.29, 1.82) is 0 Å². The number of fused-ring (bicyclic) bond motifs is 2. The SMILES string of the molecule is [CH2-][NH+]1C[C@@H]2CCC[C@@H]1C2. The lowest BCUT2D eigenvalue weighted by Gasteiger charge is -2.22. The second-order valence-corrected chi connectivity index (χ2v) is 3.59. The van der Waals surface area contributed by atoms with E-state index >= 15 is 0 Å². The highest BCUT2D eigenvalue weighted by Crippen LogP contribution is 2.25. The van der Waals surface area contributed by atoms with E-state index in [2.05, 4.69) is 7.05 Å². The van der Waals surface area contributed by atoms with Crippen LogP contribution in [0.4, 0.5) is 0 Å². The van der Waals surface area contributed by atoms with Crippen molar-refractivity contribution in [3.63, 3.8) is 0 Å². The van der Waals surface area contributed by atoms with E-state index in [-0.39, 0.29) is 0 Å². The lowest BCUT2D eigenvalue weighted by Crippen LogP contribution is -3.08. The molecule has 1 heterocycles. The molecule has 1 saturated heterocycles. The Morgan fingerprint density at radius 1 is 1.33 bits per heavy atom. The summed E-state index contributed by atoms with van der Waals surface area (Å²) in [6.07, 6.45) is 5.86. The lowest BCUT2D eigenvalue weighted by molar-refractivity contribution is -0.867. The predicted molar refractivity (Wildman–Crippen MR) is 36.9 cm³/mol. The molecule has 2 aliphatic rings. The minimum Gasteiger partial charge on any atom is -0.465 e. The first-order valence-corrected chi connectivity index (χ1v) is 4.04. The molecule has 1 saturated carbocycles. The van der Waals surface area contributed by atoms with Gasteiger partial charge in [-0.3, -0.25) is 0 Å². The van der Waals surface area contributed by atoms with Gasteiger partial charge in [-0.15, -0.1) is 0 Å². The number of quaternary nitrogens is 1. The molecule has 52 valence electrons. The van der Waals surface area contributed by atoms with Crippen molar-refractivity contribution in [2.24, 2.45) is 5.92 Å². The molecule has 1 heteroatoms. The summed E-state index contributed by atoms with van der Waals surface area (Å²) in [5, 5.41) is 0. The topological polar surface area (TPSA) is 4.44 Å². The standard InChI is InChI=1S/C8H15N/c1-9-6-7-3-2-4-8(9)5-7/h7-9H,1-6H2/t7-,8-/m1/s1. The van der Waals surface area contributed by atoms with Crippen molar-refractivity contribution in [1.82, 2.24) is 0 Å². The van der Waals surface area contributed by atoms with E-state index in [4.69, 9.17) is 0 Å². The Morgan fingerprint density at radius 3 is 2.89 bits per heavy atom. The molecule has 1 unspecified atom stereocenters. The third-order valence-corrected chi connectivity index (χ3v) is 2.91. The van der Waals surface area contributed by atoms with Crippen LogP contribution < -0.4 is 4.90 Å². The van der Waals surface area contributed by atoms with Gasteiger partial charge >= 0.3 is 0 Å². The quantitative estimate of drug-likeness (QED) is 0.442. The van der Waals surface area contributed by atoms with E-state index in [1.807, 2.05) is 0 Å². The Morgan fingerprint density at radius 2 is 2.22 bits per heavy atom. The zero-order valence-corrected chi connectivity index (χ0v) is 5.90. The maximum Gasteiger partial charge on any atom is 0.0640 e. The number of likely N-dealkylation sites (tertiary alicyclic amines) is 1. The third kappa shape index (κ3) is 0.877. The van der Waals surface area contributed by atoms with Crippen LogP contribution in [0, 0.1) is 13.0 Å². The average molecular weight is 125 g/mol. The third-order valence-electron chi connectivity index (χ3n) is 2.91. The molecule has 2 fully saturated rings. The molecule has 0 aromatic rings. The van der Waals surface area contributed by atoms with Crippen LogP contribution in [-0.2, 0) is 0 Å². The van der Waals surface area contributed by atoms with Gasteiger partial charge in [0.15, 0.2) is 0 Å². The van der Waals surface area contributed by atoms with Gasteiger partial charge in [0.05, 0.1) is 12.6 Å². The summed E-state index contributed by atoms with van der Waals surface area (Å²) >= 11 is 0. The van der Waals surface area contributed by atoms with E-state index in [1.165, 1.54) is 32.2 Å². The molecule has 2 rings (SSSR count). The van der Waals surface area contributed by atoms with E-state index in [1.54, 1.807) is 4.90 Å². The van der Waals surface area contributed by atoms with Gasteiger partial charge in [-0.25, -0.2) is 0 Å². The van der Waals surface area contributed by atoms with Crippen LogP contribution in [-0.4, -0.2) is 12.6 Å². The number of hydrogen-bond acceptors (Lipinski definition) is 0. The Labute approximate surface area is 57.0 Å². The summed E-state index contributed by atoms with van der Waals surface area (Å²) in [6, 6.07) is 0.934. The average Bonchev–Trinajstić information content (AvgIpc) is 2.09. The molecule has 1 nitrogen and oxygen atoms in total. The van der Waals surface area contributed by atoms with Crippen LogP contribution in [0.25, 0.3) is 0 Å². The Kier molecular flexibility index (Phi) is 1.26. The predicted octanol–water partition coefficient (Wildman–Crippen LogP) is 0.235. The fourth-order valence-corrected chi connectivity index (χ4v) is 2.38. The lowest BCUT2D eigenvalue weighted by atomic mass is 9.91. The van der Waals surface area contributed by atoms with Gasteiger partial charge < -0.3 is 4.90 Å². The van der Waals surface area contributed by atoms with Crippen LogP contribution in [0.3, 0.4) is 0 Å². The highest BCUT2D eigenvalue weighted by atomic mass is 15.2. The minimum absolute atomic E-state index is 0.934. The van der Waals surface area contributed by atoms with Crippen LogP contribution in [0.2, 0.25) is 0 Å². The molecular weight excluding hydrogens is 110 g/mol. The van der Waals surface area contributed by atoms with E-state index in [9.17, 15) is 0 Å². The summed E-state index contributed by atoms with van der Waals surface area (Å²) in [6.45, 7) is 1.35.